The Kier molecular flexibility index (Phi) is 6.73. The average Bonchev–Trinajstić information content (AvgIpc) is 2.74. The van der Waals surface area contributed by atoms with Crippen molar-refractivity contribution in [2.24, 2.45) is 0 Å². The molecule has 8 nitrogen and oxygen atoms in total. The smallest absolute Gasteiger partial charge is 0.317 e. The highest BCUT2D eigenvalue weighted by Crippen LogP contribution is 2.19. The summed E-state index contributed by atoms with van der Waals surface area (Å²) in [4.78, 5) is 25.8. The van der Waals surface area contributed by atoms with Gasteiger partial charge >= 0.3 is 6.03 Å². The molecule has 3 amide bonds. The van der Waals surface area contributed by atoms with Crippen LogP contribution < -0.4 is 10.6 Å². The number of amides is 3. The van der Waals surface area contributed by atoms with Crippen LogP contribution in [0.4, 0.5) is 10.5 Å². The Morgan fingerprint density at radius 2 is 1.63 bits per heavy atom. The molecule has 0 bridgehead atoms. The van der Waals surface area contributed by atoms with Crippen molar-refractivity contribution in [2.75, 3.05) is 31.5 Å². The third-order valence-corrected chi connectivity index (χ3v) is 6.87. The third-order valence-electron chi connectivity index (χ3n) is 4.95. The minimum atomic E-state index is -3.55. The topological polar surface area (TPSA) is 98.8 Å². The van der Waals surface area contributed by atoms with Crippen LogP contribution in [0.2, 0.25) is 0 Å². The van der Waals surface area contributed by atoms with Crippen molar-refractivity contribution >= 4 is 27.6 Å². The van der Waals surface area contributed by atoms with Gasteiger partial charge in [0.25, 0.3) is 0 Å². The number of nitrogens with one attached hydrogen (secondary N) is 2. The Morgan fingerprint density at radius 1 is 0.967 bits per heavy atom. The fraction of sp³-hybridized carbons (Fsp3) is 0.333. The number of sulfonamides is 1. The van der Waals surface area contributed by atoms with Crippen molar-refractivity contribution in [3.05, 3.63) is 60.2 Å². The molecule has 0 saturated carbocycles. The van der Waals surface area contributed by atoms with Gasteiger partial charge in [-0.15, -0.1) is 0 Å². The highest BCUT2D eigenvalue weighted by Gasteiger charge is 2.30. The molecule has 1 unspecified atom stereocenters. The predicted molar refractivity (Wildman–Crippen MR) is 114 cm³/mol. The van der Waals surface area contributed by atoms with Gasteiger partial charge in [-0.3, -0.25) is 4.79 Å². The lowest BCUT2D eigenvalue weighted by Gasteiger charge is -2.34. The van der Waals surface area contributed by atoms with Crippen molar-refractivity contribution in [2.45, 2.75) is 24.8 Å². The Balaban J connectivity index is 1.57. The zero-order valence-corrected chi connectivity index (χ0v) is 17.9. The highest BCUT2D eigenvalue weighted by molar-refractivity contribution is 7.89. The van der Waals surface area contributed by atoms with E-state index in [1.807, 2.05) is 25.1 Å². The number of nitrogens with zero attached hydrogens (tertiary/aromatic N) is 2. The number of rotatable bonds is 5. The van der Waals surface area contributed by atoms with Crippen LogP contribution in [0.3, 0.4) is 0 Å². The lowest BCUT2D eigenvalue weighted by Crippen LogP contribution is -2.53. The van der Waals surface area contributed by atoms with Gasteiger partial charge in [0.2, 0.25) is 15.9 Å². The van der Waals surface area contributed by atoms with Crippen LogP contribution in [0, 0.1) is 0 Å². The van der Waals surface area contributed by atoms with Crippen molar-refractivity contribution in [3.8, 4) is 0 Å². The van der Waals surface area contributed by atoms with E-state index in [0.717, 1.165) is 5.56 Å². The van der Waals surface area contributed by atoms with Crippen LogP contribution in [-0.2, 0) is 14.8 Å². The minimum Gasteiger partial charge on any atom is -0.331 e. The van der Waals surface area contributed by atoms with Gasteiger partial charge in [0.15, 0.2) is 0 Å². The summed E-state index contributed by atoms with van der Waals surface area (Å²) in [6.45, 7) is 4.43. The Morgan fingerprint density at radius 3 is 2.27 bits per heavy atom. The molecule has 0 radical (unpaired) electrons. The molecule has 2 aromatic carbocycles. The minimum absolute atomic E-state index is 0.160. The van der Waals surface area contributed by atoms with Crippen molar-refractivity contribution in [1.29, 1.82) is 0 Å². The first-order chi connectivity index (χ1) is 14.3. The molecular weight excluding hydrogens is 404 g/mol. The molecule has 160 valence electrons. The second-order valence-corrected chi connectivity index (χ2v) is 9.12. The molecule has 1 saturated heterocycles. The largest absolute Gasteiger partial charge is 0.331 e. The summed E-state index contributed by atoms with van der Waals surface area (Å²) in [5.74, 6) is -0.160. The molecule has 1 aliphatic rings. The normalized spacial score (nSPS) is 16.0. The van der Waals surface area contributed by atoms with E-state index < -0.39 is 10.0 Å². The molecule has 9 heteroatoms. The molecule has 2 aromatic rings. The zero-order valence-electron chi connectivity index (χ0n) is 17.0. The monoisotopic (exact) mass is 430 g/mol. The summed E-state index contributed by atoms with van der Waals surface area (Å²) in [6.07, 6.45) is 0. The average molecular weight is 431 g/mol. The molecule has 0 spiro atoms. The maximum atomic E-state index is 12.7. The predicted octanol–water partition coefficient (Wildman–Crippen LogP) is 2.42. The molecule has 0 aliphatic carbocycles. The molecular formula is C21H26N4O4S. The molecule has 1 atom stereocenters. The lowest BCUT2D eigenvalue weighted by atomic mass is 10.1. The second kappa shape index (κ2) is 9.27. The summed E-state index contributed by atoms with van der Waals surface area (Å²) in [5, 5.41) is 5.66. The van der Waals surface area contributed by atoms with E-state index in [4.69, 9.17) is 0 Å². The van der Waals surface area contributed by atoms with Crippen LogP contribution in [-0.4, -0.2) is 55.7 Å². The number of urea groups is 1. The van der Waals surface area contributed by atoms with Crippen molar-refractivity contribution in [1.82, 2.24) is 14.5 Å². The van der Waals surface area contributed by atoms with E-state index in [1.165, 1.54) is 11.2 Å². The number of carbonyl (C=O) groups excluding carboxylic acids is 2. The fourth-order valence-electron chi connectivity index (χ4n) is 3.32. The number of hydrogen-bond donors (Lipinski definition) is 2. The summed E-state index contributed by atoms with van der Waals surface area (Å²) in [6, 6.07) is 15.1. The number of benzene rings is 2. The summed E-state index contributed by atoms with van der Waals surface area (Å²) in [5.41, 5.74) is 1.53. The molecule has 30 heavy (non-hydrogen) atoms. The van der Waals surface area contributed by atoms with Crippen LogP contribution in [0.25, 0.3) is 0 Å². The van der Waals surface area contributed by atoms with E-state index in [1.54, 1.807) is 41.3 Å². The van der Waals surface area contributed by atoms with E-state index in [0.29, 0.717) is 18.8 Å². The van der Waals surface area contributed by atoms with Gasteiger partial charge in [0, 0.05) is 38.8 Å². The number of anilines is 1. The standard InChI is InChI=1S/C21H26N4O4S/c1-16(18-7-6-8-19(15-18)23-17(2)26)22-21(27)24-11-13-25(14-12-24)30(28,29)20-9-4-3-5-10-20/h3-10,15-16H,11-14H2,1-2H3,(H,22,27)(H,23,26). The van der Waals surface area contributed by atoms with Crippen molar-refractivity contribution in [3.63, 3.8) is 0 Å². The Hall–Kier alpha value is -2.91. The maximum Gasteiger partial charge on any atom is 0.317 e. The van der Waals surface area contributed by atoms with Gasteiger partial charge in [0.05, 0.1) is 10.9 Å². The van der Waals surface area contributed by atoms with E-state index in [9.17, 15) is 18.0 Å². The summed E-state index contributed by atoms with van der Waals surface area (Å²) >= 11 is 0. The quantitative estimate of drug-likeness (QED) is 0.761. The van der Waals surface area contributed by atoms with Gasteiger partial charge in [-0.1, -0.05) is 30.3 Å². The third kappa shape index (κ3) is 5.17. The number of carbonyl (C=O) groups is 2. The van der Waals surface area contributed by atoms with E-state index in [-0.39, 0.29) is 36.0 Å². The summed E-state index contributed by atoms with van der Waals surface area (Å²) < 4.78 is 26.8. The molecule has 1 aliphatic heterocycles. The highest BCUT2D eigenvalue weighted by atomic mass is 32.2. The number of hydrogen-bond acceptors (Lipinski definition) is 4. The van der Waals surface area contributed by atoms with Gasteiger partial charge in [-0.25, -0.2) is 13.2 Å². The van der Waals surface area contributed by atoms with Gasteiger partial charge in [-0.05, 0) is 36.8 Å². The first kappa shape index (κ1) is 21.8. The molecule has 2 N–H and O–H groups in total. The maximum absolute atomic E-state index is 12.7. The molecule has 0 aromatic heterocycles. The van der Waals surface area contributed by atoms with Crippen LogP contribution in [0.15, 0.2) is 59.5 Å². The van der Waals surface area contributed by atoms with Gasteiger partial charge < -0.3 is 15.5 Å². The van der Waals surface area contributed by atoms with E-state index in [2.05, 4.69) is 10.6 Å². The van der Waals surface area contributed by atoms with Crippen molar-refractivity contribution < 1.29 is 18.0 Å². The first-order valence-electron chi connectivity index (χ1n) is 9.75. The summed E-state index contributed by atoms with van der Waals surface area (Å²) in [7, 11) is -3.55. The van der Waals surface area contributed by atoms with E-state index >= 15 is 0 Å². The van der Waals surface area contributed by atoms with Gasteiger partial charge in [0.1, 0.15) is 0 Å². The zero-order chi connectivity index (χ0) is 21.7. The second-order valence-electron chi connectivity index (χ2n) is 7.18. The SMILES string of the molecule is CC(=O)Nc1cccc(C(C)NC(=O)N2CCN(S(=O)(=O)c3ccccc3)CC2)c1. The van der Waals surface area contributed by atoms with Gasteiger partial charge in [-0.2, -0.15) is 4.31 Å². The Labute approximate surface area is 176 Å². The molecule has 3 rings (SSSR count). The Bertz CT molecular complexity index is 1000. The van der Waals surface area contributed by atoms with Crippen LogP contribution in [0.5, 0.6) is 0 Å². The fourth-order valence-corrected chi connectivity index (χ4v) is 4.77. The lowest BCUT2D eigenvalue weighted by molar-refractivity contribution is -0.114. The molecule has 1 fully saturated rings. The van der Waals surface area contributed by atoms with Crippen LogP contribution >= 0.6 is 0 Å². The molecule has 1 heterocycles. The van der Waals surface area contributed by atoms with Crippen LogP contribution in [0.1, 0.15) is 25.5 Å². The first-order valence-corrected chi connectivity index (χ1v) is 11.2. The number of piperazine rings is 1.